The quantitative estimate of drug-likeness (QED) is 0.683. The first-order valence-corrected chi connectivity index (χ1v) is 5.76. The second-order valence-corrected chi connectivity index (χ2v) is 4.38. The Balaban J connectivity index is 2.22. The molecule has 1 unspecified atom stereocenters. The zero-order chi connectivity index (χ0) is 10.4. The molecule has 0 radical (unpaired) electrons. The number of rotatable bonds is 1. The topological polar surface area (TPSA) is 20.3 Å². The number of carbonyl (C=O) groups excluding carboxylic acids is 1. The van der Waals surface area contributed by atoms with E-state index in [9.17, 15) is 4.79 Å². The summed E-state index contributed by atoms with van der Waals surface area (Å²) in [7, 11) is 0. The van der Waals surface area contributed by atoms with Gasteiger partial charge in [0.2, 0.25) is 5.91 Å². The summed E-state index contributed by atoms with van der Waals surface area (Å²) in [5, 5.41) is 0. The Bertz CT molecular complexity index is 425. The summed E-state index contributed by atoms with van der Waals surface area (Å²) in [6.45, 7) is 2.85. The number of hydrogen-bond donors (Lipinski definition) is 0. The SMILES string of the molecule is CCN1C(=O)C2CCCc3cccc1c32. The first kappa shape index (κ1) is 8.96. The third-order valence-corrected chi connectivity index (χ3v) is 3.63. The van der Waals surface area contributed by atoms with Crippen LogP contribution in [-0.4, -0.2) is 12.5 Å². The van der Waals surface area contributed by atoms with Gasteiger partial charge in [-0.15, -0.1) is 0 Å². The maximum Gasteiger partial charge on any atom is 0.234 e. The van der Waals surface area contributed by atoms with Gasteiger partial charge in [0.05, 0.1) is 5.92 Å². The van der Waals surface area contributed by atoms with Crippen LogP contribution >= 0.6 is 0 Å². The lowest BCUT2D eigenvalue weighted by atomic mass is 9.84. The summed E-state index contributed by atoms with van der Waals surface area (Å²) in [5.41, 5.74) is 3.90. The van der Waals surface area contributed by atoms with Crippen molar-refractivity contribution >= 4 is 11.6 Å². The molecule has 1 aromatic rings. The van der Waals surface area contributed by atoms with Crippen LogP contribution in [0, 0.1) is 0 Å². The molecule has 1 aromatic carbocycles. The van der Waals surface area contributed by atoms with Crippen molar-refractivity contribution in [1.29, 1.82) is 0 Å². The fourth-order valence-corrected chi connectivity index (χ4v) is 2.98. The van der Waals surface area contributed by atoms with Crippen molar-refractivity contribution < 1.29 is 4.79 Å². The van der Waals surface area contributed by atoms with E-state index in [1.807, 2.05) is 4.90 Å². The number of likely N-dealkylation sites (N-methyl/N-ethyl adjacent to an activating group) is 1. The van der Waals surface area contributed by atoms with Crippen molar-refractivity contribution in [2.45, 2.75) is 32.1 Å². The van der Waals surface area contributed by atoms with E-state index in [0.717, 1.165) is 25.8 Å². The van der Waals surface area contributed by atoms with Gasteiger partial charge in [-0.25, -0.2) is 0 Å². The molecule has 15 heavy (non-hydrogen) atoms. The number of carbonyl (C=O) groups is 1. The minimum absolute atomic E-state index is 0.171. The van der Waals surface area contributed by atoms with Crippen molar-refractivity contribution in [3.8, 4) is 0 Å². The molecule has 1 heterocycles. The third kappa shape index (κ3) is 1.08. The molecule has 0 aromatic heterocycles. The first-order valence-electron chi connectivity index (χ1n) is 5.76. The molecular formula is C13H15NO. The summed E-state index contributed by atoms with van der Waals surface area (Å²) < 4.78 is 0. The average Bonchev–Trinajstić information content (AvgIpc) is 2.55. The van der Waals surface area contributed by atoms with Crippen LogP contribution in [0.1, 0.15) is 36.8 Å². The van der Waals surface area contributed by atoms with Crippen molar-refractivity contribution in [3.63, 3.8) is 0 Å². The molecule has 1 atom stereocenters. The highest BCUT2D eigenvalue weighted by Gasteiger charge is 2.39. The predicted molar refractivity (Wildman–Crippen MR) is 60.1 cm³/mol. The van der Waals surface area contributed by atoms with Crippen LogP contribution in [0.15, 0.2) is 18.2 Å². The van der Waals surface area contributed by atoms with Gasteiger partial charge in [-0.2, -0.15) is 0 Å². The van der Waals surface area contributed by atoms with E-state index in [0.29, 0.717) is 5.91 Å². The lowest BCUT2D eigenvalue weighted by Gasteiger charge is -2.18. The van der Waals surface area contributed by atoms with Gasteiger partial charge in [-0.1, -0.05) is 12.1 Å². The number of amides is 1. The van der Waals surface area contributed by atoms with E-state index < -0.39 is 0 Å². The predicted octanol–water partition coefficient (Wildman–Crippen LogP) is 2.47. The Morgan fingerprint density at radius 2 is 2.33 bits per heavy atom. The van der Waals surface area contributed by atoms with E-state index >= 15 is 0 Å². The van der Waals surface area contributed by atoms with Crippen molar-refractivity contribution in [1.82, 2.24) is 0 Å². The van der Waals surface area contributed by atoms with Gasteiger partial charge in [0, 0.05) is 12.2 Å². The van der Waals surface area contributed by atoms with Gasteiger partial charge in [0.1, 0.15) is 0 Å². The van der Waals surface area contributed by atoms with E-state index in [1.165, 1.54) is 16.8 Å². The smallest absolute Gasteiger partial charge is 0.234 e. The van der Waals surface area contributed by atoms with Gasteiger partial charge < -0.3 is 4.90 Å². The van der Waals surface area contributed by atoms with Crippen molar-refractivity contribution in [2.75, 3.05) is 11.4 Å². The molecule has 2 nitrogen and oxygen atoms in total. The molecule has 0 bridgehead atoms. The van der Waals surface area contributed by atoms with E-state index in [2.05, 4.69) is 25.1 Å². The molecule has 0 N–H and O–H groups in total. The fourth-order valence-electron chi connectivity index (χ4n) is 2.98. The molecule has 0 fully saturated rings. The Morgan fingerprint density at radius 1 is 1.47 bits per heavy atom. The molecule has 2 heteroatoms. The number of aryl methyl sites for hydroxylation is 1. The lowest BCUT2D eigenvalue weighted by Crippen LogP contribution is -2.28. The number of anilines is 1. The van der Waals surface area contributed by atoms with Gasteiger partial charge >= 0.3 is 0 Å². The third-order valence-electron chi connectivity index (χ3n) is 3.63. The van der Waals surface area contributed by atoms with Crippen molar-refractivity contribution in [2.24, 2.45) is 0 Å². The number of hydrogen-bond acceptors (Lipinski definition) is 1. The molecule has 1 aliphatic heterocycles. The molecular weight excluding hydrogens is 186 g/mol. The van der Waals surface area contributed by atoms with Crippen LogP contribution in [-0.2, 0) is 11.2 Å². The zero-order valence-electron chi connectivity index (χ0n) is 8.99. The first-order chi connectivity index (χ1) is 7.33. The minimum atomic E-state index is 0.171. The van der Waals surface area contributed by atoms with Crippen LogP contribution in [0.25, 0.3) is 0 Å². The maximum atomic E-state index is 12.1. The summed E-state index contributed by atoms with van der Waals surface area (Å²) in [5.74, 6) is 0.490. The molecule has 3 rings (SSSR count). The van der Waals surface area contributed by atoms with E-state index in [1.54, 1.807) is 0 Å². The monoisotopic (exact) mass is 201 g/mol. The second-order valence-electron chi connectivity index (χ2n) is 4.38. The van der Waals surface area contributed by atoms with Gasteiger partial charge in [-0.3, -0.25) is 4.79 Å². The Kier molecular flexibility index (Phi) is 1.84. The van der Waals surface area contributed by atoms with E-state index in [-0.39, 0.29) is 5.92 Å². The normalized spacial score (nSPS) is 23.1. The largest absolute Gasteiger partial charge is 0.312 e. The van der Waals surface area contributed by atoms with Gasteiger partial charge in [-0.05, 0) is 43.4 Å². The summed E-state index contributed by atoms with van der Waals surface area (Å²) in [6, 6.07) is 6.35. The Hall–Kier alpha value is -1.31. The number of nitrogens with zero attached hydrogens (tertiary/aromatic N) is 1. The fraction of sp³-hybridized carbons (Fsp3) is 0.462. The molecule has 1 amide bonds. The van der Waals surface area contributed by atoms with Crippen LogP contribution in [0.5, 0.6) is 0 Å². The molecule has 0 spiro atoms. The minimum Gasteiger partial charge on any atom is -0.312 e. The molecule has 2 aliphatic rings. The average molecular weight is 201 g/mol. The highest BCUT2D eigenvalue weighted by atomic mass is 16.2. The molecule has 0 saturated carbocycles. The second kappa shape index (κ2) is 3.09. The van der Waals surface area contributed by atoms with Gasteiger partial charge in [0.25, 0.3) is 0 Å². The maximum absolute atomic E-state index is 12.1. The Labute approximate surface area is 89.9 Å². The van der Waals surface area contributed by atoms with Crippen LogP contribution < -0.4 is 4.90 Å². The van der Waals surface area contributed by atoms with Crippen LogP contribution in [0.4, 0.5) is 5.69 Å². The lowest BCUT2D eigenvalue weighted by molar-refractivity contribution is -0.119. The zero-order valence-corrected chi connectivity index (χ0v) is 8.99. The van der Waals surface area contributed by atoms with Crippen LogP contribution in [0.3, 0.4) is 0 Å². The molecule has 1 aliphatic carbocycles. The summed E-state index contributed by atoms with van der Waals surface area (Å²) in [6.07, 6.45) is 3.34. The Morgan fingerprint density at radius 3 is 3.13 bits per heavy atom. The molecule has 78 valence electrons. The van der Waals surface area contributed by atoms with Crippen molar-refractivity contribution in [3.05, 3.63) is 29.3 Å². The van der Waals surface area contributed by atoms with E-state index in [4.69, 9.17) is 0 Å². The van der Waals surface area contributed by atoms with Crippen LogP contribution in [0.2, 0.25) is 0 Å². The highest BCUT2D eigenvalue weighted by molar-refractivity contribution is 6.05. The van der Waals surface area contributed by atoms with Gasteiger partial charge in [0.15, 0.2) is 0 Å². The summed E-state index contributed by atoms with van der Waals surface area (Å²) in [4.78, 5) is 14.1. The summed E-state index contributed by atoms with van der Waals surface area (Å²) >= 11 is 0. The highest BCUT2D eigenvalue weighted by Crippen LogP contribution is 2.44. The number of benzene rings is 1. The molecule has 0 saturated heterocycles. The standard InChI is InChI=1S/C13H15NO/c1-2-14-11-8-4-6-9-5-3-7-10(12(9)11)13(14)15/h4,6,8,10H,2-3,5,7H2,1H3.